The molecule has 1 N–H and O–H groups in total. The molecule has 0 amide bonds. The molecule has 0 saturated carbocycles. The van der Waals surface area contributed by atoms with Gasteiger partial charge in [-0.3, -0.25) is 9.78 Å². The third kappa shape index (κ3) is 3.40. The summed E-state index contributed by atoms with van der Waals surface area (Å²) >= 11 is 0. The van der Waals surface area contributed by atoms with E-state index in [0.717, 1.165) is 57.3 Å². The molecule has 0 saturated heterocycles. The highest BCUT2D eigenvalue weighted by molar-refractivity contribution is 6.10. The minimum atomic E-state index is -0.865. The molecule has 0 aliphatic heterocycles. The number of hydrogen-bond acceptors (Lipinski definition) is 3. The van der Waals surface area contributed by atoms with Crippen molar-refractivity contribution in [1.29, 1.82) is 0 Å². The van der Waals surface area contributed by atoms with Gasteiger partial charge in [0.2, 0.25) is 0 Å². The number of carboxylic acid groups (broad SMARTS) is 1. The van der Waals surface area contributed by atoms with E-state index in [4.69, 9.17) is 9.72 Å². The van der Waals surface area contributed by atoms with Crippen LogP contribution in [0, 0.1) is 6.92 Å². The van der Waals surface area contributed by atoms with Crippen LogP contribution in [-0.2, 0) is 24.1 Å². The van der Waals surface area contributed by atoms with E-state index in [2.05, 4.69) is 24.3 Å². The molecule has 1 aromatic heterocycles. The van der Waals surface area contributed by atoms with Crippen molar-refractivity contribution in [2.24, 2.45) is 0 Å². The van der Waals surface area contributed by atoms with Gasteiger partial charge in [0.05, 0.1) is 11.9 Å². The standard InChI is InChI=1S/C28H27NO3/c1-16-21(15-24(30)31)26(19-9-5-6-11-22(19)29-16)27-20-10-7-8-17-12-13-18(25(17)20)14-23(27)32-28(2,3)4/h5-11,14H,12-13,15H2,1-4H3,(H,30,31). The summed E-state index contributed by atoms with van der Waals surface area (Å²) in [5.41, 5.74) is 6.49. The van der Waals surface area contributed by atoms with E-state index in [0.29, 0.717) is 0 Å². The number of ether oxygens (including phenoxy) is 1. The van der Waals surface area contributed by atoms with Crippen molar-refractivity contribution in [3.05, 3.63) is 70.9 Å². The maximum atomic E-state index is 11.9. The van der Waals surface area contributed by atoms with Gasteiger partial charge >= 0.3 is 5.97 Å². The van der Waals surface area contributed by atoms with Gasteiger partial charge in [0.1, 0.15) is 11.4 Å². The minimum absolute atomic E-state index is 0.0864. The van der Waals surface area contributed by atoms with Gasteiger partial charge in [-0.05, 0) is 80.1 Å². The quantitative estimate of drug-likeness (QED) is 0.419. The molecule has 0 radical (unpaired) electrons. The number of para-hydroxylation sites is 1. The van der Waals surface area contributed by atoms with E-state index in [1.165, 1.54) is 16.5 Å². The van der Waals surface area contributed by atoms with Crippen molar-refractivity contribution in [1.82, 2.24) is 4.98 Å². The third-order valence-corrected chi connectivity index (χ3v) is 6.15. The Morgan fingerprint density at radius 3 is 2.47 bits per heavy atom. The fourth-order valence-corrected chi connectivity index (χ4v) is 4.99. The van der Waals surface area contributed by atoms with Crippen LogP contribution in [0.15, 0.2) is 48.5 Å². The van der Waals surface area contributed by atoms with Crippen LogP contribution in [0.1, 0.15) is 43.2 Å². The first-order valence-corrected chi connectivity index (χ1v) is 11.1. The summed E-state index contributed by atoms with van der Waals surface area (Å²) in [5.74, 6) is -0.0582. The average Bonchev–Trinajstić information content (AvgIpc) is 3.12. The predicted octanol–water partition coefficient (Wildman–Crippen LogP) is 6.27. The molecule has 4 nitrogen and oxygen atoms in total. The van der Waals surface area contributed by atoms with Crippen molar-refractivity contribution >= 4 is 27.6 Å². The number of fused-ring (bicyclic) bond motifs is 1. The number of rotatable bonds is 4. The van der Waals surface area contributed by atoms with E-state index in [1.54, 1.807) is 0 Å². The Bertz CT molecular complexity index is 1400. The number of carboxylic acids is 1. The summed E-state index contributed by atoms with van der Waals surface area (Å²) in [5, 5.41) is 13.1. The third-order valence-electron chi connectivity index (χ3n) is 6.15. The van der Waals surface area contributed by atoms with Crippen LogP contribution >= 0.6 is 0 Å². The molecule has 4 aromatic rings. The highest BCUT2D eigenvalue weighted by atomic mass is 16.5. The molecule has 5 rings (SSSR count). The number of nitrogens with zero attached hydrogens (tertiary/aromatic N) is 1. The van der Waals surface area contributed by atoms with E-state index >= 15 is 0 Å². The summed E-state index contributed by atoms with van der Waals surface area (Å²) in [7, 11) is 0. The molecule has 162 valence electrons. The van der Waals surface area contributed by atoms with Gasteiger partial charge in [0, 0.05) is 22.2 Å². The summed E-state index contributed by atoms with van der Waals surface area (Å²) < 4.78 is 6.54. The van der Waals surface area contributed by atoms with Crippen LogP contribution in [0.2, 0.25) is 0 Å². The van der Waals surface area contributed by atoms with Gasteiger partial charge < -0.3 is 9.84 Å². The van der Waals surface area contributed by atoms with Gasteiger partial charge in [-0.2, -0.15) is 0 Å². The van der Waals surface area contributed by atoms with E-state index in [-0.39, 0.29) is 6.42 Å². The molecular formula is C28H27NO3. The Hall–Kier alpha value is -3.40. The van der Waals surface area contributed by atoms with Crippen molar-refractivity contribution in [2.75, 3.05) is 0 Å². The topological polar surface area (TPSA) is 59.4 Å². The fraction of sp³-hybridized carbons (Fsp3) is 0.286. The van der Waals surface area contributed by atoms with Gasteiger partial charge in [-0.15, -0.1) is 0 Å². The highest BCUT2D eigenvalue weighted by Crippen LogP contribution is 2.47. The second-order valence-corrected chi connectivity index (χ2v) is 9.60. The lowest BCUT2D eigenvalue weighted by molar-refractivity contribution is -0.136. The first kappa shape index (κ1) is 20.5. The van der Waals surface area contributed by atoms with Crippen molar-refractivity contribution in [2.45, 2.75) is 52.6 Å². The molecule has 1 aliphatic carbocycles. The zero-order chi connectivity index (χ0) is 22.6. The highest BCUT2D eigenvalue weighted by Gasteiger charge is 2.27. The molecular weight excluding hydrogens is 398 g/mol. The SMILES string of the molecule is Cc1nc2ccccc2c(-c2c(OC(C)(C)C)cc3c4c(cccc24)CC3)c1CC(=O)O. The molecule has 0 bridgehead atoms. The number of aryl methyl sites for hydroxylation is 3. The number of aliphatic carboxylic acids is 1. The Kier molecular flexibility index (Phi) is 4.70. The average molecular weight is 426 g/mol. The summed E-state index contributed by atoms with van der Waals surface area (Å²) in [6.07, 6.45) is 1.93. The summed E-state index contributed by atoms with van der Waals surface area (Å²) in [6, 6.07) is 16.6. The van der Waals surface area contributed by atoms with Crippen LogP contribution in [0.25, 0.3) is 32.8 Å². The summed E-state index contributed by atoms with van der Waals surface area (Å²) in [4.78, 5) is 16.6. The van der Waals surface area contributed by atoms with Crippen molar-refractivity contribution in [3.63, 3.8) is 0 Å². The number of carbonyl (C=O) groups is 1. The van der Waals surface area contributed by atoms with Crippen LogP contribution in [-0.4, -0.2) is 21.7 Å². The Balaban J connectivity index is 1.97. The number of pyridine rings is 1. The summed E-state index contributed by atoms with van der Waals surface area (Å²) in [6.45, 7) is 8.04. The molecule has 0 spiro atoms. The van der Waals surface area contributed by atoms with Crippen molar-refractivity contribution in [3.8, 4) is 16.9 Å². The van der Waals surface area contributed by atoms with Crippen molar-refractivity contribution < 1.29 is 14.6 Å². The smallest absolute Gasteiger partial charge is 0.307 e. The van der Waals surface area contributed by atoms with Gasteiger partial charge in [0.25, 0.3) is 0 Å². The molecule has 0 unspecified atom stereocenters. The van der Waals surface area contributed by atoms with Crippen LogP contribution in [0.5, 0.6) is 5.75 Å². The fourth-order valence-electron chi connectivity index (χ4n) is 4.99. The zero-order valence-corrected chi connectivity index (χ0v) is 19.0. The lowest BCUT2D eigenvalue weighted by Gasteiger charge is -2.26. The van der Waals surface area contributed by atoms with Crippen LogP contribution in [0.3, 0.4) is 0 Å². The largest absolute Gasteiger partial charge is 0.487 e. The Morgan fingerprint density at radius 2 is 1.72 bits per heavy atom. The van der Waals surface area contributed by atoms with E-state index in [9.17, 15) is 9.90 Å². The number of hydrogen-bond donors (Lipinski definition) is 1. The lowest BCUT2D eigenvalue weighted by Crippen LogP contribution is -2.23. The Morgan fingerprint density at radius 1 is 1.00 bits per heavy atom. The van der Waals surface area contributed by atoms with Gasteiger partial charge in [0.15, 0.2) is 0 Å². The Labute approximate surface area is 187 Å². The minimum Gasteiger partial charge on any atom is -0.487 e. The maximum absolute atomic E-state index is 11.9. The molecule has 0 fully saturated rings. The zero-order valence-electron chi connectivity index (χ0n) is 19.0. The predicted molar refractivity (Wildman–Crippen MR) is 129 cm³/mol. The number of aromatic nitrogens is 1. The second kappa shape index (κ2) is 7.33. The molecule has 32 heavy (non-hydrogen) atoms. The molecule has 1 aliphatic rings. The maximum Gasteiger partial charge on any atom is 0.307 e. The monoisotopic (exact) mass is 425 g/mol. The van der Waals surface area contributed by atoms with Gasteiger partial charge in [-0.1, -0.05) is 36.4 Å². The second-order valence-electron chi connectivity index (χ2n) is 9.60. The van der Waals surface area contributed by atoms with E-state index in [1.807, 2.05) is 52.0 Å². The normalized spacial score (nSPS) is 13.1. The molecule has 4 heteroatoms. The van der Waals surface area contributed by atoms with E-state index < -0.39 is 11.6 Å². The molecule has 0 atom stereocenters. The first-order chi connectivity index (χ1) is 15.2. The van der Waals surface area contributed by atoms with Crippen LogP contribution in [0.4, 0.5) is 0 Å². The molecule has 3 aromatic carbocycles. The molecule has 1 heterocycles. The number of benzene rings is 3. The first-order valence-electron chi connectivity index (χ1n) is 11.1. The lowest BCUT2D eigenvalue weighted by atomic mass is 9.87. The van der Waals surface area contributed by atoms with Crippen LogP contribution < -0.4 is 4.74 Å². The van der Waals surface area contributed by atoms with Gasteiger partial charge in [-0.25, -0.2) is 0 Å².